The van der Waals surface area contributed by atoms with E-state index in [-0.39, 0.29) is 5.41 Å². The van der Waals surface area contributed by atoms with Crippen molar-refractivity contribution in [3.05, 3.63) is 72.1 Å². The Kier molecular flexibility index (Phi) is 5.63. The maximum absolute atomic E-state index is 4.69. The molecule has 0 amide bonds. The van der Waals surface area contributed by atoms with E-state index < -0.39 is 0 Å². The van der Waals surface area contributed by atoms with Gasteiger partial charge in [0.05, 0.1) is 17.1 Å². The molecule has 0 radical (unpaired) electrons. The molecular formula is C29H29N9. The molecule has 0 bridgehead atoms. The number of benzene rings is 1. The van der Waals surface area contributed by atoms with Gasteiger partial charge in [0.25, 0.3) is 0 Å². The molecule has 5 aromatic rings. The van der Waals surface area contributed by atoms with Crippen LogP contribution in [0.5, 0.6) is 0 Å². The van der Waals surface area contributed by atoms with Gasteiger partial charge in [-0.2, -0.15) is 5.10 Å². The van der Waals surface area contributed by atoms with E-state index in [1.165, 1.54) is 0 Å². The largest absolute Gasteiger partial charge is 0.339 e. The van der Waals surface area contributed by atoms with Gasteiger partial charge in [0.15, 0.2) is 0 Å². The smallest absolute Gasteiger partial charge is 0.139 e. The van der Waals surface area contributed by atoms with E-state index in [2.05, 4.69) is 81.5 Å². The zero-order valence-corrected chi connectivity index (χ0v) is 22.1. The minimum absolute atomic E-state index is 0.0480. The van der Waals surface area contributed by atoms with Crippen LogP contribution < -0.4 is 10.6 Å². The summed E-state index contributed by atoms with van der Waals surface area (Å²) in [6, 6.07) is 12.2. The van der Waals surface area contributed by atoms with Crippen LogP contribution >= 0.6 is 0 Å². The Bertz CT molecular complexity index is 1710. The van der Waals surface area contributed by atoms with E-state index >= 15 is 0 Å². The summed E-state index contributed by atoms with van der Waals surface area (Å²) in [6.45, 7) is 8.55. The van der Waals surface area contributed by atoms with Gasteiger partial charge in [0.2, 0.25) is 0 Å². The number of pyridine rings is 2. The van der Waals surface area contributed by atoms with Crippen LogP contribution in [0.15, 0.2) is 60.1 Å². The van der Waals surface area contributed by atoms with Crippen LogP contribution in [0.2, 0.25) is 0 Å². The fraction of sp³-hybridized carbons (Fsp3) is 0.241. The number of hydrogen-bond acceptors (Lipinski definition) is 8. The highest BCUT2D eigenvalue weighted by Gasteiger charge is 2.21. The molecule has 0 atom stereocenters. The number of hydrogen-bond donors (Lipinski definition) is 2. The molecule has 4 aromatic heterocycles. The lowest BCUT2D eigenvalue weighted by atomic mass is 9.92. The maximum atomic E-state index is 4.69. The van der Waals surface area contributed by atoms with Crippen molar-refractivity contribution >= 4 is 45.8 Å². The molecule has 2 N–H and O–H groups in total. The van der Waals surface area contributed by atoms with Gasteiger partial charge in [-0.3, -0.25) is 9.67 Å². The number of nitrogens with zero attached hydrogens (tertiary/aromatic N) is 7. The fourth-order valence-corrected chi connectivity index (χ4v) is 4.64. The summed E-state index contributed by atoms with van der Waals surface area (Å²) < 4.78 is 1.86. The van der Waals surface area contributed by atoms with Crippen LogP contribution in [0.25, 0.3) is 22.0 Å². The number of rotatable bonds is 5. The molecule has 0 spiro atoms. The topological polar surface area (TPSA) is 106 Å². The first-order valence-electron chi connectivity index (χ1n) is 12.6. The molecule has 1 aromatic carbocycles. The van der Waals surface area contributed by atoms with E-state index in [0.717, 1.165) is 62.0 Å². The van der Waals surface area contributed by atoms with E-state index in [1.54, 1.807) is 12.5 Å². The van der Waals surface area contributed by atoms with Crippen molar-refractivity contribution in [3.8, 4) is 11.3 Å². The minimum Gasteiger partial charge on any atom is -0.339 e. The highest BCUT2D eigenvalue weighted by molar-refractivity contribution is 6.03. The molecule has 9 heteroatoms. The molecule has 0 aliphatic carbocycles. The summed E-state index contributed by atoms with van der Waals surface area (Å²) in [5, 5.41) is 13.8. The number of aromatic nitrogens is 6. The zero-order valence-electron chi connectivity index (χ0n) is 22.1. The first-order valence-corrected chi connectivity index (χ1v) is 12.6. The second kappa shape index (κ2) is 9.02. The van der Waals surface area contributed by atoms with Crippen molar-refractivity contribution in [1.82, 2.24) is 29.7 Å². The van der Waals surface area contributed by atoms with Gasteiger partial charge in [-0.15, -0.1) is 0 Å². The van der Waals surface area contributed by atoms with Gasteiger partial charge < -0.3 is 10.6 Å². The standard InChI is InChI=1S/C29H29N9/c1-17-8-9-19-18(10-13-32-27(19)35-23-15-22(29(2,3)4)37-38(23)5)24(17)36-28-20(7-6-12-31-28)25-26-21(11-14-30-26)33-16-34-25/h6-10,12-16H,11H2,1-5H3,(H,31,36)(H,32,35). The number of nitrogens with one attached hydrogen (secondary N) is 2. The van der Waals surface area contributed by atoms with Crippen molar-refractivity contribution in [3.63, 3.8) is 0 Å². The molecule has 9 nitrogen and oxygen atoms in total. The second-order valence-corrected chi connectivity index (χ2v) is 10.5. The first-order chi connectivity index (χ1) is 18.3. The minimum atomic E-state index is -0.0480. The van der Waals surface area contributed by atoms with Crippen LogP contribution in [-0.2, 0) is 18.9 Å². The summed E-state index contributed by atoms with van der Waals surface area (Å²) in [5.41, 5.74) is 6.40. The van der Waals surface area contributed by atoms with Crippen LogP contribution in [0.1, 0.15) is 37.7 Å². The summed E-state index contributed by atoms with van der Waals surface area (Å²) in [6.07, 6.45) is 7.78. The number of anilines is 4. The molecule has 5 heterocycles. The van der Waals surface area contributed by atoms with Gasteiger partial charge in [-0.05, 0) is 30.7 Å². The lowest BCUT2D eigenvalue weighted by Gasteiger charge is -2.17. The molecule has 1 aliphatic rings. The molecule has 1 aliphatic heterocycles. The summed E-state index contributed by atoms with van der Waals surface area (Å²) >= 11 is 0. The van der Waals surface area contributed by atoms with Gasteiger partial charge in [0, 0.05) is 59.9 Å². The molecule has 0 unspecified atom stereocenters. The molecular weight excluding hydrogens is 474 g/mol. The van der Waals surface area contributed by atoms with Gasteiger partial charge >= 0.3 is 0 Å². The van der Waals surface area contributed by atoms with Crippen molar-refractivity contribution in [2.75, 3.05) is 10.6 Å². The summed E-state index contributed by atoms with van der Waals surface area (Å²) in [4.78, 5) is 22.8. The third kappa shape index (κ3) is 4.15. The highest BCUT2D eigenvalue weighted by atomic mass is 15.3. The fourth-order valence-electron chi connectivity index (χ4n) is 4.64. The Morgan fingerprint density at radius 1 is 0.895 bits per heavy atom. The number of aliphatic imine (C=N–C) groups is 1. The normalized spacial score (nSPS) is 12.7. The predicted molar refractivity (Wildman–Crippen MR) is 152 cm³/mol. The third-order valence-electron chi connectivity index (χ3n) is 6.76. The average molecular weight is 504 g/mol. The van der Waals surface area contributed by atoms with Crippen LogP contribution in [-0.4, -0.2) is 35.9 Å². The molecule has 0 saturated heterocycles. The Morgan fingerprint density at radius 2 is 1.74 bits per heavy atom. The van der Waals surface area contributed by atoms with E-state index in [1.807, 2.05) is 42.3 Å². The second-order valence-electron chi connectivity index (χ2n) is 10.5. The molecule has 0 fully saturated rings. The van der Waals surface area contributed by atoms with Gasteiger partial charge in [-0.1, -0.05) is 32.9 Å². The van der Waals surface area contributed by atoms with Crippen molar-refractivity contribution in [1.29, 1.82) is 0 Å². The average Bonchev–Trinajstić information content (AvgIpc) is 3.53. The maximum Gasteiger partial charge on any atom is 0.139 e. The monoisotopic (exact) mass is 503 g/mol. The zero-order chi connectivity index (χ0) is 26.4. The highest BCUT2D eigenvalue weighted by Crippen LogP contribution is 2.39. The Morgan fingerprint density at radius 3 is 2.55 bits per heavy atom. The van der Waals surface area contributed by atoms with Gasteiger partial charge in [-0.25, -0.2) is 19.9 Å². The number of aryl methyl sites for hydroxylation is 2. The van der Waals surface area contributed by atoms with Gasteiger partial charge in [0.1, 0.15) is 35.2 Å². The molecule has 0 saturated carbocycles. The van der Waals surface area contributed by atoms with Crippen molar-refractivity contribution in [2.45, 2.75) is 39.5 Å². The SMILES string of the molecule is Cc1ccc2c(Nc3cc(C(C)(C)C)nn3C)nccc2c1Nc1ncccc1-c1ncnc2c1N=CC2. The molecule has 190 valence electrons. The van der Waals surface area contributed by atoms with Crippen LogP contribution in [0.3, 0.4) is 0 Å². The van der Waals surface area contributed by atoms with Crippen molar-refractivity contribution in [2.24, 2.45) is 12.0 Å². The molecule has 38 heavy (non-hydrogen) atoms. The Hall–Kier alpha value is -4.66. The quantitative estimate of drug-likeness (QED) is 0.295. The lowest BCUT2D eigenvalue weighted by Crippen LogP contribution is -2.12. The predicted octanol–water partition coefficient (Wildman–Crippen LogP) is 6.17. The van der Waals surface area contributed by atoms with E-state index in [0.29, 0.717) is 12.2 Å². The summed E-state index contributed by atoms with van der Waals surface area (Å²) in [5.74, 6) is 2.35. The summed E-state index contributed by atoms with van der Waals surface area (Å²) in [7, 11) is 1.94. The Balaban J connectivity index is 1.41. The Labute approximate surface area is 221 Å². The molecule has 6 rings (SSSR count). The third-order valence-corrected chi connectivity index (χ3v) is 6.76. The lowest BCUT2D eigenvalue weighted by molar-refractivity contribution is 0.553. The van der Waals surface area contributed by atoms with Crippen molar-refractivity contribution < 1.29 is 0 Å². The van der Waals surface area contributed by atoms with Crippen LogP contribution in [0, 0.1) is 6.92 Å². The van der Waals surface area contributed by atoms with E-state index in [9.17, 15) is 0 Å². The number of fused-ring (bicyclic) bond motifs is 2. The van der Waals surface area contributed by atoms with Crippen LogP contribution in [0.4, 0.5) is 28.8 Å². The first kappa shape index (κ1) is 23.7. The van der Waals surface area contributed by atoms with E-state index in [4.69, 9.17) is 5.10 Å².